The van der Waals surface area contributed by atoms with Gasteiger partial charge >= 0.3 is 0 Å². The summed E-state index contributed by atoms with van der Waals surface area (Å²) >= 11 is 0. The van der Waals surface area contributed by atoms with E-state index >= 15 is 0 Å². The van der Waals surface area contributed by atoms with Crippen LogP contribution >= 0.6 is 0 Å². The number of aromatic nitrogens is 1. The number of rotatable bonds is 2. The van der Waals surface area contributed by atoms with Gasteiger partial charge in [0.2, 0.25) is 0 Å². The summed E-state index contributed by atoms with van der Waals surface area (Å²) in [7, 11) is 0. The Labute approximate surface area is 133 Å². The van der Waals surface area contributed by atoms with Gasteiger partial charge < -0.3 is 0 Å². The zero-order valence-electron chi connectivity index (χ0n) is 13.4. The Morgan fingerprint density at radius 3 is 2.14 bits per heavy atom. The number of fused-ring (bicyclic) bond motifs is 1. The molecule has 0 saturated heterocycles. The van der Waals surface area contributed by atoms with Crippen molar-refractivity contribution >= 4 is 0 Å². The summed E-state index contributed by atoms with van der Waals surface area (Å²) in [5, 5.41) is 0. The van der Waals surface area contributed by atoms with Crippen LogP contribution < -0.4 is 0 Å². The second-order valence-electron chi connectivity index (χ2n) is 7.20. The molecule has 2 saturated carbocycles. The maximum atomic E-state index is 4.38. The molecule has 2 fully saturated rings. The lowest BCUT2D eigenvalue weighted by Gasteiger charge is -2.35. The fraction of sp³-hybridized carbons (Fsp3) is 0.381. The van der Waals surface area contributed by atoms with Crippen LogP contribution in [0.15, 0.2) is 54.9 Å². The van der Waals surface area contributed by atoms with Crippen LogP contribution in [-0.2, 0) is 0 Å². The molecule has 4 rings (SSSR count). The van der Waals surface area contributed by atoms with Crippen LogP contribution in [0.4, 0.5) is 0 Å². The standard InChI is InChI=1S/C21H23N/c1-21(2)19(15-8-4-3-5-9-15)17-11-6-12-18(17)20(21)16-10-7-13-22-14-16/h3-5,7-10,13-14,17-18H,6,11-12H2,1-2H3. The fourth-order valence-corrected chi connectivity index (χ4v) is 5.01. The van der Waals surface area contributed by atoms with Crippen LogP contribution in [0.1, 0.15) is 44.2 Å². The largest absolute Gasteiger partial charge is 0.264 e. The highest BCUT2D eigenvalue weighted by molar-refractivity contribution is 5.51. The molecule has 1 heterocycles. The summed E-state index contributed by atoms with van der Waals surface area (Å²) in [6, 6.07) is 15.4. The minimum atomic E-state index is 0.125. The van der Waals surface area contributed by atoms with Crippen molar-refractivity contribution in [2.45, 2.75) is 33.1 Å². The summed E-state index contributed by atoms with van der Waals surface area (Å²) in [5.74, 6) is 4.68. The Morgan fingerprint density at radius 1 is 0.864 bits per heavy atom. The minimum Gasteiger partial charge on any atom is -0.264 e. The Balaban J connectivity index is 1.81. The summed E-state index contributed by atoms with van der Waals surface area (Å²) in [6.45, 7) is 4.83. The van der Waals surface area contributed by atoms with E-state index in [4.69, 9.17) is 0 Å². The predicted molar refractivity (Wildman–Crippen MR) is 90.0 cm³/mol. The average Bonchev–Trinajstić information content (AvgIpc) is 3.05. The molecule has 2 unspecified atom stereocenters. The maximum Gasteiger partial charge on any atom is 0.0306 e. The van der Waals surface area contributed by atoms with E-state index in [1.165, 1.54) is 30.4 Å². The van der Waals surface area contributed by atoms with Crippen LogP contribution in [0.5, 0.6) is 0 Å². The highest BCUT2D eigenvalue weighted by Crippen LogP contribution is 2.65. The molecular formula is C21H23N. The van der Waals surface area contributed by atoms with Crippen molar-refractivity contribution < 1.29 is 0 Å². The first kappa shape index (κ1) is 14.0. The van der Waals surface area contributed by atoms with Gasteiger partial charge in [-0.1, -0.05) is 56.7 Å². The van der Waals surface area contributed by atoms with Gasteiger partial charge in [0.15, 0.2) is 0 Å². The first-order chi connectivity index (χ1) is 10.7. The van der Waals surface area contributed by atoms with E-state index in [1.54, 1.807) is 11.8 Å². The third-order valence-electron chi connectivity index (χ3n) is 5.66. The second-order valence-corrected chi connectivity index (χ2v) is 7.20. The first-order valence-corrected chi connectivity index (χ1v) is 8.40. The van der Waals surface area contributed by atoms with Gasteiger partial charge in [-0.05, 0) is 47.3 Å². The molecule has 22 heavy (non-hydrogen) atoms. The Morgan fingerprint density at radius 2 is 1.50 bits per heavy atom. The van der Waals surface area contributed by atoms with Gasteiger partial charge in [0, 0.05) is 24.2 Å². The van der Waals surface area contributed by atoms with E-state index in [0.717, 1.165) is 0 Å². The Hall–Kier alpha value is -1.63. The Kier molecular flexibility index (Phi) is 3.32. The van der Waals surface area contributed by atoms with Crippen LogP contribution in [0.2, 0.25) is 0 Å². The molecular weight excluding hydrogens is 266 g/mol. The van der Waals surface area contributed by atoms with Crippen molar-refractivity contribution in [1.29, 1.82) is 0 Å². The summed E-state index contributed by atoms with van der Waals surface area (Å²) in [4.78, 5) is 4.38. The molecule has 0 N–H and O–H groups in total. The molecule has 0 bridgehead atoms. The molecule has 2 radical (unpaired) electrons. The smallest absolute Gasteiger partial charge is 0.0306 e. The molecule has 0 aliphatic heterocycles. The summed E-state index contributed by atoms with van der Waals surface area (Å²) < 4.78 is 0. The fourth-order valence-electron chi connectivity index (χ4n) is 5.01. The van der Waals surface area contributed by atoms with Crippen LogP contribution in [0.3, 0.4) is 0 Å². The van der Waals surface area contributed by atoms with Gasteiger partial charge in [0.05, 0.1) is 0 Å². The number of hydrogen-bond donors (Lipinski definition) is 0. The minimum absolute atomic E-state index is 0.125. The van der Waals surface area contributed by atoms with Crippen molar-refractivity contribution in [3.63, 3.8) is 0 Å². The van der Waals surface area contributed by atoms with Crippen molar-refractivity contribution in [2.24, 2.45) is 17.3 Å². The zero-order chi connectivity index (χ0) is 15.2. The third-order valence-corrected chi connectivity index (χ3v) is 5.66. The molecule has 2 aromatic rings. The SMILES string of the molecule is CC1(C)[C](c2ccccc2)C2CCCC2[C]1c1cccnc1. The van der Waals surface area contributed by atoms with E-state index in [-0.39, 0.29) is 5.41 Å². The molecule has 0 spiro atoms. The maximum absolute atomic E-state index is 4.38. The monoisotopic (exact) mass is 289 g/mol. The molecule has 2 aliphatic carbocycles. The lowest BCUT2D eigenvalue weighted by molar-refractivity contribution is 0.436. The van der Waals surface area contributed by atoms with E-state index in [2.05, 4.69) is 67.5 Å². The number of hydrogen-bond acceptors (Lipinski definition) is 1. The lowest BCUT2D eigenvalue weighted by atomic mass is 9.68. The van der Waals surface area contributed by atoms with E-state index < -0.39 is 0 Å². The van der Waals surface area contributed by atoms with Crippen molar-refractivity contribution in [3.8, 4) is 0 Å². The van der Waals surface area contributed by atoms with Crippen molar-refractivity contribution in [2.75, 3.05) is 0 Å². The highest BCUT2D eigenvalue weighted by atomic mass is 14.7. The van der Waals surface area contributed by atoms with E-state index in [1.807, 2.05) is 6.20 Å². The van der Waals surface area contributed by atoms with Crippen LogP contribution in [0, 0.1) is 29.1 Å². The van der Waals surface area contributed by atoms with Crippen molar-refractivity contribution in [1.82, 2.24) is 4.98 Å². The van der Waals surface area contributed by atoms with Gasteiger partial charge in [-0.3, -0.25) is 4.98 Å². The average molecular weight is 289 g/mol. The van der Waals surface area contributed by atoms with Gasteiger partial charge in [-0.25, -0.2) is 0 Å². The molecule has 1 aromatic heterocycles. The number of nitrogens with zero attached hydrogens (tertiary/aromatic N) is 1. The highest BCUT2D eigenvalue weighted by Gasteiger charge is 2.57. The molecule has 1 nitrogen and oxygen atoms in total. The predicted octanol–water partition coefficient (Wildman–Crippen LogP) is 5.08. The quantitative estimate of drug-likeness (QED) is 0.751. The molecule has 2 atom stereocenters. The second kappa shape index (κ2) is 5.22. The third kappa shape index (κ3) is 2.02. The summed E-state index contributed by atoms with van der Waals surface area (Å²) in [6.07, 6.45) is 7.95. The van der Waals surface area contributed by atoms with Crippen molar-refractivity contribution in [3.05, 3.63) is 77.8 Å². The van der Waals surface area contributed by atoms with Gasteiger partial charge in [-0.2, -0.15) is 0 Å². The zero-order valence-corrected chi connectivity index (χ0v) is 13.4. The van der Waals surface area contributed by atoms with Gasteiger partial charge in [0.1, 0.15) is 0 Å². The summed E-state index contributed by atoms with van der Waals surface area (Å²) in [5.41, 5.74) is 2.90. The molecule has 112 valence electrons. The normalized spacial score (nSPS) is 27.9. The number of benzene rings is 1. The first-order valence-electron chi connectivity index (χ1n) is 8.40. The molecule has 2 aliphatic rings. The van der Waals surface area contributed by atoms with Gasteiger partial charge in [-0.15, -0.1) is 0 Å². The topological polar surface area (TPSA) is 12.9 Å². The van der Waals surface area contributed by atoms with Crippen LogP contribution in [0.25, 0.3) is 0 Å². The molecule has 0 amide bonds. The number of pyridine rings is 1. The van der Waals surface area contributed by atoms with E-state index in [0.29, 0.717) is 11.8 Å². The Bertz CT molecular complexity index is 576. The van der Waals surface area contributed by atoms with E-state index in [9.17, 15) is 0 Å². The van der Waals surface area contributed by atoms with Gasteiger partial charge in [0.25, 0.3) is 0 Å². The molecule has 1 heteroatoms. The lowest BCUT2D eigenvalue weighted by Crippen LogP contribution is -2.26. The molecule has 1 aromatic carbocycles. The van der Waals surface area contributed by atoms with Crippen LogP contribution in [-0.4, -0.2) is 4.98 Å².